The average Bonchev–Trinajstić information content (AvgIpc) is 3.01. The van der Waals surface area contributed by atoms with Crippen LogP contribution >= 0.6 is 43.6 Å². The molecule has 0 unspecified atom stereocenters. The Balaban J connectivity index is 1.54. The molecule has 3 rings (SSSR count). The van der Waals surface area contributed by atoms with Crippen LogP contribution in [0.4, 0.5) is 0 Å². The number of aromatic amines is 1. The number of imidazole rings is 1. The molecular formula is C16H12Br2N4O2S. The molecule has 1 heterocycles. The van der Waals surface area contributed by atoms with Crippen molar-refractivity contribution in [3.05, 3.63) is 50.9 Å². The van der Waals surface area contributed by atoms with Gasteiger partial charge in [-0.25, -0.2) is 10.4 Å². The van der Waals surface area contributed by atoms with Gasteiger partial charge in [0.15, 0.2) is 5.16 Å². The predicted octanol–water partition coefficient (Wildman–Crippen LogP) is 4.04. The highest BCUT2D eigenvalue weighted by molar-refractivity contribution is 9.11. The minimum Gasteiger partial charge on any atom is -0.506 e. The van der Waals surface area contributed by atoms with Crippen molar-refractivity contribution in [3.63, 3.8) is 0 Å². The monoisotopic (exact) mass is 482 g/mol. The Bertz CT molecular complexity index is 902. The van der Waals surface area contributed by atoms with Crippen LogP contribution in [0.3, 0.4) is 0 Å². The second-order valence-corrected chi connectivity index (χ2v) is 7.65. The van der Waals surface area contributed by atoms with Crippen molar-refractivity contribution < 1.29 is 9.90 Å². The zero-order valence-electron chi connectivity index (χ0n) is 12.7. The van der Waals surface area contributed by atoms with Gasteiger partial charge in [0.1, 0.15) is 5.75 Å². The van der Waals surface area contributed by atoms with Crippen molar-refractivity contribution >= 4 is 66.8 Å². The normalized spacial score (nSPS) is 11.3. The number of rotatable bonds is 5. The number of nitrogens with zero attached hydrogens (tertiary/aromatic N) is 2. The van der Waals surface area contributed by atoms with E-state index in [1.54, 1.807) is 12.1 Å². The summed E-state index contributed by atoms with van der Waals surface area (Å²) in [5.74, 6) is 0.0715. The third kappa shape index (κ3) is 4.62. The zero-order valence-corrected chi connectivity index (χ0v) is 16.7. The molecule has 9 heteroatoms. The number of halogens is 2. The minimum atomic E-state index is -0.237. The number of carbonyl (C=O) groups excluding carboxylic acids is 1. The smallest absolute Gasteiger partial charge is 0.250 e. The molecule has 0 aliphatic heterocycles. The lowest BCUT2D eigenvalue weighted by atomic mass is 10.2. The van der Waals surface area contributed by atoms with Crippen molar-refractivity contribution in [2.75, 3.05) is 5.75 Å². The molecule has 128 valence electrons. The van der Waals surface area contributed by atoms with E-state index in [9.17, 15) is 9.90 Å². The van der Waals surface area contributed by atoms with Crippen LogP contribution in [0.1, 0.15) is 5.56 Å². The maximum Gasteiger partial charge on any atom is 0.250 e. The third-order valence-electron chi connectivity index (χ3n) is 3.15. The number of amides is 1. The van der Waals surface area contributed by atoms with Crippen LogP contribution in [-0.2, 0) is 4.79 Å². The molecule has 0 bridgehead atoms. The summed E-state index contributed by atoms with van der Waals surface area (Å²) in [5, 5.41) is 14.3. The van der Waals surface area contributed by atoms with Crippen molar-refractivity contribution in [1.82, 2.24) is 15.4 Å². The molecule has 3 aromatic rings. The number of phenolic OH excluding ortho intramolecular Hbond substituents is 1. The van der Waals surface area contributed by atoms with Gasteiger partial charge < -0.3 is 10.1 Å². The fourth-order valence-corrected chi connectivity index (χ4v) is 3.90. The van der Waals surface area contributed by atoms with Gasteiger partial charge in [-0.2, -0.15) is 5.10 Å². The van der Waals surface area contributed by atoms with Gasteiger partial charge in [-0.1, -0.05) is 23.9 Å². The average molecular weight is 484 g/mol. The maximum atomic E-state index is 11.9. The Kier molecular flexibility index (Phi) is 5.77. The molecule has 0 saturated carbocycles. The van der Waals surface area contributed by atoms with Crippen LogP contribution < -0.4 is 5.43 Å². The minimum absolute atomic E-state index is 0.114. The summed E-state index contributed by atoms with van der Waals surface area (Å²) < 4.78 is 1.07. The number of benzene rings is 2. The number of H-pyrrole nitrogens is 1. The lowest BCUT2D eigenvalue weighted by molar-refractivity contribution is -0.118. The molecule has 6 nitrogen and oxygen atoms in total. The van der Waals surface area contributed by atoms with E-state index in [0.29, 0.717) is 14.1 Å². The molecule has 0 radical (unpaired) electrons. The van der Waals surface area contributed by atoms with Crippen LogP contribution in [0.5, 0.6) is 5.75 Å². The van der Waals surface area contributed by atoms with E-state index in [0.717, 1.165) is 16.6 Å². The van der Waals surface area contributed by atoms with Gasteiger partial charge in [-0.05, 0) is 61.7 Å². The largest absolute Gasteiger partial charge is 0.506 e. The number of para-hydroxylation sites is 2. The Morgan fingerprint density at radius 2 is 2.04 bits per heavy atom. The van der Waals surface area contributed by atoms with Gasteiger partial charge >= 0.3 is 0 Å². The predicted molar refractivity (Wildman–Crippen MR) is 106 cm³/mol. The van der Waals surface area contributed by atoms with Gasteiger partial charge in [-0.3, -0.25) is 4.79 Å². The first-order valence-corrected chi connectivity index (χ1v) is 9.67. The lowest BCUT2D eigenvalue weighted by Crippen LogP contribution is -2.19. The summed E-state index contributed by atoms with van der Waals surface area (Å²) in [6, 6.07) is 11.1. The number of hydrazone groups is 1. The number of phenols is 1. The van der Waals surface area contributed by atoms with Gasteiger partial charge in [0.25, 0.3) is 5.91 Å². The highest BCUT2D eigenvalue weighted by Crippen LogP contribution is 2.32. The first-order valence-electron chi connectivity index (χ1n) is 7.10. The lowest BCUT2D eigenvalue weighted by Gasteiger charge is -2.02. The molecule has 1 aromatic heterocycles. The van der Waals surface area contributed by atoms with Crippen LogP contribution in [0.15, 0.2) is 55.6 Å². The molecule has 0 spiro atoms. The Morgan fingerprint density at radius 1 is 1.32 bits per heavy atom. The van der Waals surface area contributed by atoms with E-state index in [-0.39, 0.29) is 17.4 Å². The molecule has 0 saturated heterocycles. The molecule has 3 N–H and O–H groups in total. The standard InChI is InChI=1S/C16H12Br2N4O2S/c17-10-5-9(6-11(18)15(10)24)7-19-22-14(23)8-25-16-20-12-3-1-2-4-13(12)21-16/h1-7,24H,8H2,(H,20,21)(H,22,23)/b19-7-. The Morgan fingerprint density at radius 3 is 2.76 bits per heavy atom. The molecule has 25 heavy (non-hydrogen) atoms. The van der Waals surface area contributed by atoms with Crippen LogP contribution in [-0.4, -0.2) is 32.9 Å². The molecule has 0 fully saturated rings. The molecule has 0 atom stereocenters. The second kappa shape index (κ2) is 8.03. The zero-order chi connectivity index (χ0) is 17.8. The topological polar surface area (TPSA) is 90.4 Å². The molecule has 0 aliphatic rings. The second-order valence-electron chi connectivity index (χ2n) is 4.97. The first-order chi connectivity index (χ1) is 12.0. The third-order valence-corrected chi connectivity index (χ3v) is 5.23. The van der Waals surface area contributed by atoms with Crippen LogP contribution in [0, 0.1) is 0 Å². The highest BCUT2D eigenvalue weighted by atomic mass is 79.9. The first kappa shape index (κ1) is 18.0. The van der Waals surface area contributed by atoms with Crippen molar-refractivity contribution in [1.29, 1.82) is 0 Å². The highest BCUT2D eigenvalue weighted by Gasteiger charge is 2.07. The van der Waals surface area contributed by atoms with Gasteiger partial charge in [-0.15, -0.1) is 0 Å². The molecular weight excluding hydrogens is 472 g/mol. The maximum absolute atomic E-state index is 11.9. The van der Waals surface area contributed by atoms with E-state index in [2.05, 4.69) is 52.4 Å². The fourth-order valence-electron chi connectivity index (χ4n) is 2.00. The quantitative estimate of drug-likeness (QED) is 0.290. The van der Waals surface area contributed by atoms with Crippen LogP contribution in [0.25, 0.3) is 11.0 Å². The number of aromatic nitrogens is 2. The van der Waals surface area contributed by atoms with E-state index in [4.69, 9.17) is 0 Å². The number of aromatic hydroxyl groups is 1. The summed E-state index contributed by atoms with van der Waals surface area (Å²) in [6.45, 7) is 0. The number of hydrogen-bond donors (Lipinski definition) is 3. The SMILES string of the molecule is O=C(CSc1nc2ccccc2[nH]1)N/N=C\c1cc(Br)c(O)c(Br)c1. The van der Waals surface area contributed by atoms with Crippen molar-refractivity contribution in [2.24, 2.45) is 5.10 Å². The summed E-state index contributed by atoms with van der Waals surface area (Å²) >= 11 is 7.79. The molecule has 1 amide bonds. The van der Waals surface area contributed by atoms with Gasteiger partial charge in [0.05, 0.1) is 31.9 Å². The number of thioether (sulfide) groups is 1. The summed E-state index contributed by atoms with van der Waals surface area (Å²) in [5.41, 5.74) is 4.99. The van der Waals surface area contributed by atoms with E-state index >= 15 is 0 Å². The number of carbonyl (C=O) groups is 1. The van der Waals surface area contributed by atoms with Gasteiger partial charge in [0.2, 0.25) is 0 Å². The summed E-state index contributed by atoms with van der Waals surface area (Å²) in [4.78, 5) is 19.4. The number of nitrogens with one attached hydrogen (secondary N) is 2. The molecule has 0 aliphatic carbocycles. The van der Waals surface area contributed by atoms with Crippen molar-refractivity contribution in [2.45, 2.75) is 5.16 Å². The summed E-state index contributed by atoms with van der Waals surface area (Å²) in [6.07, 6.45) is 1.50. The molecule has 2 aromatic carbocycles. The van der Waals surface area contributed by atoms with Gasteiger partial charge in [0, 0.05) is 0 Å². The number of fused-ring (bicyclic) bond motifs is 1. The fraction of sp³-hybridized carbons (Fsp3) is 0.0625. The Hall–Kier alpha value is -1.84. The van der Waals surface area contributed by atoms with E-state index < -0.39 is 0 Å². The Labute approximate surface area is 164 Å². The van der Waals surface area contributed by atoms with Crippen LogP contribution in [0.2, 0.25) is 0 Å². The summed E-state index contributed by atoms with van der Waals surface area (Å²) in [7, 11) is 0. The number of hydrogen-bond acceptors (Lipinski definition) is 5. The van der Waals surface area contributed by atoms with E-state index in [1.807, 2.05) is 24.3 Å². The van der Waals surface area contributed by atoms with E-state index in [1.165, 1.54) is 18.0 Å². The van der Waals surface area contributed by atoms with Crippen molar-refractivity contribution in [3.8, 4) is 5.75 Å².